The largest absolute Gasteiger partial charge is 1.00 e. The van der Waals surface area contributed by atoms with Crippen LogP contribution in [0.5, 0.6) is 5.75 Å². The van der Waals surface area contributed by atoms with Gasteiger partial charge in [-0.3, -0.25) is 0 Å². The molecule has 2 rings (SSSR count). The summed E-state index contributed by atoms with van der Waals surface area (Å²) in [4.78, 5) is 0. The minimum absolute atomic E-state index is 0. The van der Waals surface area contributed by atoms with Crippen LogP contribution < -0.4 is 33.7 Å². The standard InChI is InChI=1S/C10H8O4S.C4H10O.Na/c11-15(12,13)14-10-7-3-5-8-4-1-2-6-9(8)10;1-3-5-4-2;/h1-7H,(H,11,12,13);3-4H2,1-2H3;/q;;+1/p-1. The monoisotopic (exact) mass is 320 g/mol. The summed E-state index contributed by atoms with van der Waals surface area (Å²) in [5.41, 5.74) is 0. The van der Waals surface area contributed by atoms with Crippen LogP contribution in [0, 0.1) is 0 Å². The molecule has 0 saturated heterocycles. The van der Waals surface area contributed by atoms with Gasteiger partial charge >= 0.3 is 29.6 Å². The second-order valence-electron chi connectivity index (χ2n) is 3.75. The Bertz CT molecular complexity index is 635. The van der Waals surface area contributed by atoms with Crippen molar-refractivity contribution >= 4 is 21.2 Å². The Morgan fingerprint density at radius 3 is 2.10 bits per heavy atom. The first-order valence-corrected chi connectivity index (χ1v) is 7.52. The third-order valence-electron chi connectivity index (χ3n) is 2.35. The van der Waals surface area contributed by atoms with Crippen LogP contribution in [0.1, 0.15) is 13.8 Å². The van der Waals surface area contributed by atoms with E-state index in [9.17, 15) is 13.0 Å². The van der Waals surface area contributed by atoms with Gasteiger partial charge < -0.3 is 13.5 Å². The molecule has 0 aliphatic heterocycles. The predicted molar refractivity (Wildman–Crippen MR) is 76.4 cm³/mol. The summed E-state index contributed by atoms with van der Waals surface area (Å²) in [5, 5.41) is 1.41. The fourth-order valence-electron chi connectivity index (χ4n) is 1.58. The maximum absolute atomic E-state index is 10.5. The van der Waals surface area contributed by atoms with E-state index in [0.29, 0.717) is 5.39 Å². The van der Waals surface area contributed by atoms with E-state index in [1.807, 2.05) is 19.9 Å². The van der Waals surface area contributed by atoms with E-state index in [1.54, 1.807) is 30.3 Å². The van der Waals surface area contributed by atoms with Crippen molar-refractivity contribution in [1.29, 1.82) is 0 Å². The van der Waals surface area contributed by atoms with Crippen LogP contribution in [0.3, 0.4) is 0 Å². The van der Waals surface area contributed by atoms with E-state index in [-0.39, 0.29) is 35.3 Å². The molecule has 0 atom stereocenters. The minimum atomic E-state index is -4.72. The second-order valence-corrected chi connectivity index (χ2v) is 4.73. The first-order chi connectivity index (χ1) is 9.48. The molecule has 0 spiro atoms. The quantitative estimate of drug-likeness (QED) is 0.440. The van der Waals surface area contributed by atoms with Crippen LogP contribution in [0.25, 0.3) is 10.8 Å². The summed E-state index contributed by atoms with van der Waals surface area (Å²) in [7, 11) is -4.72. The van der Waals surface area contributed by atoms with Crippen LogP contribution in [-0.4, -0.2) is 26.2 Å². The maximum Gasteiger partial charge on any atom is 1.00 e. The predicted octanol–water partition coefficient (Wildman–Crippen LogP) is -0.274. The Morgan fingerprint density at radius 2 is 1.57 bits per heavy atom. The number of fused-ring (bicyclic) bond motifs is 1. The molecule has 2 aromatic carbocycles. The molecular formula is C14H17NaO5S. The first kappa shape index (κ1) is 20.4. The molecule has 110 valence electrons. The van der Waals surface area contributed by atoms with Crippen molar-refractivity contribution in [2.45, 2.75) is 13.8 Å². The smallest absolute Gasteiger partial charge is 0.716 e. The normalized spacial score (nSPS) is 10.2. The summed E-state index contributed by atoms with van der Waals surface area (Å²) in [5.74, 6) is 0.0584. The van der Waals surface area contributed by atoms with E-state index in [0.717, 1.165) is 18.6 Å². The summed E-state index contributed by atoms with van der Waals surface area (Å²) in [6.07, 6.45) is 0. The van der Waals surface area contributed by atoms with Crippen molar-refractivity contribution in [3.63, 3.8) is 0 Å². The van der Waals surface area contributed by atoms with Gasteiger partial charge in [0.15, 0.2) is 0 Å². The number of ether oxygens (including phenoxy) is 1. The van der Waals surface area contributed by atoms with Crippen molar-refractivity contribution in [2.24, 2.45) is 0 Å². The number of hydrogen-bond acceptors (Lipinski definition) is 5. The molecule has 0 saturated carbocycles. The minimum Gasteiger partial charge on any atom is -0.716 e. The van der Waals surface area contributed by atoms with Gasteiger partial charge in [0.1, 0.15) is 5.75 Å². The van der Waals surface area contributed by atoms with Crippen LogP contribution >= 0.6 is 0 Å². The Balaban J connectivity index is 0.000000583. The van der Waals surface area contributed by atoms with Gasteiger partial charge in [-0.2, -0.15) is 0 Å². The number of hydrogen-bond donors (Lipinski definition) is 0. The molecule has 0 unspecified atom stereocenters. The summed E-state index contributed by atoms with van der Waals surface area (Å²) >= 11 is 0. The summed E-state index contributed by atoms with van der Waals surface area (Å²) in [6.45, 7) is 5.67. The van der Waals surface area contributed by atoms with Crippen molar-refractivity contribution in [3.8, 4) is 5.75 Å². The zero-order valence-electron chi connectivity index (χ0n) is 12.4. The van der Waals surface area contributed by atoms with Crippen LogP contribution in [-0.2, 0) is 15.1 Å². The van der Waals surface area contributed by atoms with Gasteiger partial charge in [-0.05, 0) is 25.3 Å². The van der Waals surface area contributed by atoms with Crippen molar-refractivity contribution in [2.75, 3.05) is 13.2 Å². The Morgan fingerprint density at radius 1 is 1.00 bits per heavy atom. The van der Waals surface area contributed by atoms with E-state index in [2.05, 4.69) is 4.18 Å². The second kappa shape index (κ2) is 10.2. The molecule has 0 radical (unpaired) electrons. The van der Waals surface area contributed by atoms with Gasteiger partial charge in [-0.1, -0.05) is 36.4 Å². The fourth-order valence-corrected chi connectivity index (χ4v) is 1.95. The molecule has 2 aromatic rings. The molecule has 0 bridgehead atoms. The maximum atomic E-state index is 10.5. The number of rotatable bonds is 4. The first-order valence-electron chi connectivity index (χ1n) is 6.18. The molecule has 0 amide bonds. The zero-order chi connectivity index (χ0) is 15.0. The van der Waals surface area contributed by atoms with Crippen LogP contribution in [0.15, 0.2) is 42.5 Å². The van der Waals surface area contributed by atoms with Gasteiger partial charge in [-0.25, -0.2) is 8.42 Å². The molecule has 0 N–H and O–H groups in total. The van der Waals surface area contributed by atoms with Crippen molar-refractivity contribution in [1.82, 2.24) is 0 Å². The Labute approximate surface area is 147 Å². The van der Waals surface area contributed by atoms with Crippen LogP contribution in [0.4, 0.5) is 0 Å². The topological polar surface area (TPSA) is 75.7 Å². The van der Waals surface area contributed by atoms with Gasteiger partial charge in [0.2, 0.25) is 0 Å². The molecule has 0 aromatic heterocycles. The van der Waals surface area contributed by atoms with E-state index in [4.69, 9.17) is 4.74 Å². The zero-order valence-corrected chi connectivity index (χ0v) is 15.2. The van der Waals surface area contributed by atoms with Gasteiger partial charge in [0.25, 0.3) is 10.4 Å². The summed E-state index contributed by atoms with van der Waals surface area (Å²) < 4.78 is 40.6. The summed E-state index contributed by atoms with van der Waals surface area (Å²) in [6, 6.07) is 11.9. The van der Waals surface area contributed by atoms with Gasteiger partial charge in [0, 0.05) is 18.6 Å². The average Bonchev–Trinajstić information content (AvgIpc) is 2.39. The van der Waals surface area contributed by atoms with Gasteiger partial charge in [0.05, 0.1) is 0 Å². The molecule has 0 aliphatic carbocycles. The molecule has 0 fully saturated rings. The third kappa shape index (κ3) is 7.80. The molecule has 7 heteroatoms. The van der Waals surface area contributed by atoms with Crippen molar-refractivity contribution in [3.05, 3.63) is 42.5 Å². The van der Waals surface area contributed by atoms with E-state index >= 15 is 0 Å². The molecule has 0 heterocycles. The Kier molecular flexibility index (Phi) is 9.85. The van der Waals surface area contributed by atoms with Crippen molar-refractivity contribution < 1.29 is 51.4 Å². The Hall–Kier alpha value is -0.630. The molecule has 5 nitrogen and oxygen atoms in total. The molecule has 0 aliphatic rings. The molecule has 21 heavy (non-hydrogen) atoms. The van der Waals surface area contributed by atoms with Crippen LogP contribution in [0.2, 0.25) is 0 Å². The number of benzene rings is 2. The fraction of sp³-hybridized carbons (Fsp3) is 0.286. The molecular weight excluding hydrogens is 303 g/mol. The van der Waals surface area contributed by atoms with Gasteiger partial charge in [-0.15, -0.1) is 0 Å². The SMILES string of the molecule is CCOCC.O=S(=O)([O-])Oc1cccc2ccccc12.[Na+]. The third-order valence-corrected chi connectivity index (χ3v) is 2.73. The van der Waals surface area contributed by atoms with E-state index in [1.165, 1.54) is 6.07 Å². The average molecular weight is 320 g/mol. The van der Waals surface area contributed by atoms with E-state index < -0.39 is 10.4 Å².